The third-order valence-electron chi connectivity index (χ3n) is 2.98. The van der Waals surface area contributed by atoms with Gasteiger partial charge in [-0.25, -0.2) is 0 Å². The van der Waals surface area contributed by atoms with Gasteiger partial charge in [-0.2, -0.15) is 0 Å². The standard InChI is InChI=1S/C16H27N3/c1-4-12-18-16(17-6-3)19-13-11-15-9-7-14(5-2)8-10-15/h7-10H,4-6,11-13H2,1-3H3,(H2,17,18,19). The first kappa shape index (κ1) is 15.5. The second-order valence-electron chi connectivity index (χ2n) is 4.61. The van der Waals surface area contributed by atoms with Crippen LogP contribution in [0.1, 0.15) is 38.3 Å². The zero-order chi connectivity index (χ0) is 13.9. The Balaban J connectivity index is 2.37. The Hall–Kier alpha value is -1.51. The van der Waals surface area contributed by atoms with Crippen LogP contribution in [0.3, 0.4) is 0 Å². The molecule has 0 amide bonds. The minimum Gasteiger partial charge on any atom is -0.357 e. The molecule has 3 heteroatoms. The van der Waals surface area contributed by atoms with Crippen LogP contribution in [-0.2, 0) is 12.8 Å². The number of guanidine groups is 1. The molecule has 0 aliphatic carbocycles. The first-order chi connectivity index (χ1) is 9.30. The Morgan fingerprint density at radius 2 is 1.68 bits per heavy atom. The minimum absolute atomic E-state index is 0.876. The molecule has 0 unspecified atom stereocenters. The number of rotatable bonds is 7. The zero-order valence-electron chi connectivity index (χ0n) is 12.5. The Morgan fingerprint density at radius 1 is 1.00 bits per heavy atom. The normalized spacial score (nSPS) is 11.4. The van der Waals surface area contributed by atoms with Gasteiger partial charge in [0.2, 0.25) is 0 Å². The van der Waals surface area contributed by atoms with Crippen molar-refractivity contribution in [1.29, 1.82) is 0 Å². The van der Waals surface area contributed by atoms with Crippen molar-refractivity contribution in [2.75, 3.05) is 19.6 Å². The van der Waals surface area contributed by atoms with E-state index in [-0.39, 0.29) is 0 Å². The molecule has 0 fully saturated rings. The molecule has 0 radical (unpaired) electrons. The average Bonchev–Trinajstić information content (AvgIpc) is 2.45. The molecule has 0 atom stereocenters. The lowest BCUT2D eigenvalue weighted by Crippen LogP contribution is -2.38. The highest BCUT2D eigenvalue weighted by molar-refractivity contribution is 5.79. The summed E-state index contributed by atoms with van der Waals surface area (Å²) in [5.74, 6) is 0.925. The minimum atomic E-state index is 0.876. The number of aliphatic imine (C=N–C) groups is 1. The highest BCUT2D eigenvalue weighted by atomic mass is 15.2. The van der Waals surface area contributed by atoms with Gasteiger partial charge in [0.15, 0.2) is 5.96 Å². The topological polar surface area (TPSA) is 36.4 Å². The molecule has 0 bridgehead atoms. The van der Waals surface area contributed by atoms with Crippen LogP contribution >= 0.6 is 0 Å². The maximum atomic E-state index is 4.48. The van der Waals surface area contributed by atoms with Gasteiger partial charge < -0.3 is 10.6 Å². The number of aryl methyl sites for hydroxylation is 1. The lowest BCUT2D eigenvalue weighted by molar-refractivity contribution is 0.793. The van der Waals surface area contributed by atoms with E-state index in [0.29, 0.717) is 0 Å². The molecule has 0 saturated heterocycles. The van der Waals surface area contributed by atoms with E-state index in [9.17, 15) is 0 Å². The van der Waals surface area contributed by atoms with Crippen molar-refractivity contribution in [3.63, 3.8) is 0 Å². The van der Waals surface area contributed by atoms with Crippen LogP contribution in [-0.4, -0.2) is 25.6 Å². The van der Waals surface area contributed by atoms with E-state index >= 15 is 0 Å². The van der Waals surface area contributed by atoms with Crippen LogP contribution in [0.2, 0.25) is 0 Å². The van der Waals surface area contributed by atoms with Crippen molar-refractivity contribution in [2.45, 2.75) is 40.0 Å². The molecule has 0 heterocycles. The predicted molar refractivity (Wildman–Crippen MR) is 83.8 cm³/mol. The van der Waals surface area contributed by atoms with Crippen molar-refractivity contribution in [3.8, 4) is 0 Å². The van der Waals surface area contributed by atoms with Crippen LogP contribution in [0, 0.1) is 0 Å². The number of benzene rings is 1. The summed E-state index contributed by atoms with van der Waals surface area (Å²) in [7, 11) is 0. The molecule has 0 spiro atoms. The lowest BCUT2D eigenvalue weighted by Gasteiger charge is -2.11. The number of hydrogen-bond acceptors (Lipinski definition) is 1. The van der Waals surface area contributed by atoms with Crippen LogP contribution in [0.15, 0.2) is 29.3 Å². The molecule has 2 N–H and O–H groups in total. The zero-order valence-corrected chi connectivity index (χ0v) is 12.5. The van der Waals surface area contributed by atoms with E-state index in [1.54, 1.807) is 0 Å². The molecular formula is C16H27N3. The van der Waals surface area contributed by atoms with Gasteiger partial charge in [0, 0.05) is 19.6 Å². The van der Waals surface area contributed by atoms with Crippen LogP contribution in [0.25, 0.3) is 0 Å². The van der Waals surface area contributed by atoms with Gasteiger partial charge in [0.1, 0.15) is 0 Å². The first-order valence-electron chi connectivity index (χ1n) is 7.40. The van der Waals surface area contributed by atoms with Gasteiger partial charge in [-0.05, 0) is 37.3 Å². The molecule has 1 aromatic rings. The number of nitrogens with zero attached hydrogens (tertiary/aromatic N) is 1. The van der Waals surface area contributed by atoms with Gasteiger partial charge >= 0.3 is 0 Å². The molecule has 19 heavy (non-hydrogen) atoms. The first-order valence-corrected chi connectivity index (χ1v) is 7.40. The molecule has 0 aliphatic heterocycles. The monoisotopic (exact) mass is 261 g/mol. The van der Waals surface area contributed by atoms with E-state index in [1.807, 2.05) is 0 Å². The SMILES string of the molecule is CCCN=C(NCC)NCCc1ccc(CC)cc1. The van der Waals surface area contributed by atoms with Crippen LogP contribution in [0.5, 0.6) is 0 Å². The largest absolute Gasteiger partial charge is 0.357 e. The van der Waals surface area contributed by atoms with E-state index < -0.39 is 0 Å². The molecular weight excluding hydrogens is 234 g/mol. The highest BCUT2D eigenvalue weighted by Gasteiger charge is 1.97. The maximum Gasteiger partial charge on any atom is 0.191 e. The van der Waals surface area contributed by atoms with Crippen molar-refractivity contribution >= 4 is 5.96 Å². The summed E-state index contributed by atoms with van der Waals surface area (Å²) in [5, 5.41) is 6.63. The average molecular weight is 261 g/mol. The maximum absolute atomic E-state index is 4.48. The van der Waals surface area contributed by atoms with Crippen molar-refractivity contribution in [1.82, 2.24) is 10.6 Å². The van der Waals surface area contributed by atoms with Crippen molar-refractivity contribution in [3.05, 3.63) is 35.4 Å². The third-order valence-corrected chi connectivity index (χ3v) is 2.98. The van der Waals surface area contributed by atoms with Gasteiger partial charge in [0.25, 0.3) is 0 Å². The fourth-order valence-electron chi connectivity index (χ4n) is 1.83. The molecule has 1 aromatic carbocycles. The second kappa shape index (κ2) is 9.42. The number of nitrogens with one attached hydrogen (secondary N) is 2. The van der Waals surface area contributed by atoms with Gasteiger partial charge in [-0.3, -0.25) is 4.99 Å². The summed E-state index contributed by atoms with van der Waals surface area (Å²) in [6, 6.07) is 8.87. The Morgan fingerprint density at radius 3 is 2.26 bits per heavy atom. The Kier molecular flexibility index (Phi) is 7.71. The Labute approximate surface area is 117 Å². The van der Waals surface area contributed by atoms with E-state index in [2.05, 4.69) is 60.7 Å². The predicted octanol–water partition coefficient (Wildman–Crippen LogP) is 2.76. The van der Waals surface area contributed by atoms with E-state index in [1.165, 1.54) is 11.1 Å². The fourth-order valence-corrected chi connectivity index (χ4v) is 1.83. The lowest BCUT2D eigenvalue weighted by atomic mass is 10.1. The van der Waals surface area contributed by atoms with E-state index in [0.717, 1.165) is 44.9 Å². The van der Waals surface area contributed by atoms with Crippen molar-refractivity contribution < 1.29 is 0 Å². The molecule has 0 saturated carbocycles. The van der Waals surface area contributed by atoms with Crippen molar-refractivity contribution in [2.24, 2.45) is 4.99 Å². The summed E-state index contributed by atoms with van der Waals surface area (Å²) in [6.45, 7) is 9.11. The molecule has 0 aromatic heterocycles. The third kappa shape index (κ3) is 6.27. The highest BCUT2D eigenvalue weighted by Crippen LogP contribution is 2.05. The summed E-state index contributed by atoms with van der Waals surface area (Å²) in [6.07, 6.45) is 3.21. The van der Waals surface area contributed by atoms with Gasteiger partial charge in [-0.1, -0.05) is 38.1 Å². The van der Waals surface area contributed by atoms with Gasteiger partial charge in [-0.15, -0.1) is 0 Å². The fraction of sp³-hybridized carbons (Fsp3) is 0.562. The second-order valence-corrected chi connectivity index (χ2v) is 4.61. The summed E-state index contributed by atoms with van der Waals surface area (Å²) in [5.41, 5.74) is 2.77. The molecule has 3 nitrogen and oxygen atoms in total. The van der Waals surface area contributed by atoms with Gasteiger partial charge in [0.05, 0.1) is 0 Å². The number of hydrogen-bond donors (Lipinski definition) is 2. The smallest absolute Gasteiger partial charge is 0.191 e. The Bertz CT molecular complexity index is 368. The molecule has 0 aliphatic rings. The quantitative estimate of drug-likeness (QED) is 0.585. The molecule has 1 rings (SSSR count). The van der Waals surface area contributed by atoms with Crippen LogP contribution in [0.4, 0.5) is 0 Å². The summed E-state index contributed by atoms with van der Waals surface area (Å²) in [4.78, 5) is 4.48. The summed E-state index contributed by atoms with van der Waals surface area (Å²) >= 11 is 0. The molecule has 106 valence electrons. The summed E-state index contributed by atoms with van der Waals surface area (Å²) < 4.78 is 0. The van der Waals surface area contributed by atoms with E-state index in [4.69, 9.17) is 0 Å². The van der Waals surface area contributed by atoms with Crippen LogP contribution < -0.4 is 10.6 Å².